The summed E-state index contributed by atoms with van der Waals surface area (Å²) in [5.41, 5.74) is 3.02. The summed E-state index contributed by atoms with van der Waals surface area (Å²) >= 11 is 0. The standard InChI is InChI=1S/C29H26N4O2/c34-27(30-15-6-16-31-28-25-11-3-4-12-26(25)29(35)33-32-28)18-20-7-5-10-22(17-20)24-14-13-21-8-1-2-9-23(21)19-24/h1-5,7-14,17,19H,6,15-16,18H2,(H,30,34)(H,31,32)(H,33,35). The first kappa shape index (κ1) is 22.3. The summed E-state index contributed by atoms with van der Waals surface area (Å²) in [6.07, 6.45) is 1.07. The third-order valence-corrected chi connectivity index (χ3v) is 6.04. The molecule has 0 spiro atoms. The lowest BCUT2D eigenvalue weighted by atomic mass is 9.99. The molecule has 0 radical (unpaired) electrons. The summed E-state index contributed by atoms with van der Waals surface area (Å²) in [5.74, 6) is 0.630. The van der Waals surface area contributed by atoms with E-state index in [9.17, 15) is 9.59 Å². The third kappa shape index (κ3) is 5.22. The summed E-state index contributed by atoms with van der Waals surface area (Å²) < 4.78 is 0. The van der Waals surface area contributed by atoms with Crippen LogP contribution in [0.2, 0.25) is 0 Å². The van der Waals surface area contributed by atoms with Crippen LogP contribution in [0.1, 0.15) is 12.0 Å². The Morgan fingerprint density at radius 2 is 1.54 bits per heavy atom. The van der Waals surface area contributed by atoms with Gasteiger partial charge in [-0.15, -0.1) is 0 Å². The molecule has 6 heteroatoms. The summed E-state index contributed by atoms with van der Waals surface area (Å²) in [6, 6.07) is 30.2. The van der Waals surface area contributed by atoms with Gasteiger partial charge in [-0.05, 0) is 46.0 Å². The number of carbonyl (C=O) groups is 1. The largest absolute Gasteiger partial charge is 0.368 e. The second-order valence-corrected chi connectivity index (χ2v) is 8.52. The highest BCUT2D eigenvalue weighted by Crippen LogP contribution is 2.25. The SMILES string of the molecule is O=C(Cc1cccc(-c2ccc3ccccc3c2)c1)NCCCNc1n[nH]c(=O)c2ccccc12. The summed E-state index contributed by atoms with van der Waals surface area (Å²) in [4.78, 5) is 24.4. The Hall–Kier alpha value is -4.45. The smallest absolute Gasteiger partial charge is 0.272 e. The fourth-order valence-electron chi connectivity index (χ4n) is 4.25. The number of H-pyrrole nitrogens is 1. The van der Waals surface area contributed by atoms with Gasteiger partial charge in [0.15, 0.2) is 5.82 Å². The van der Waals surface area contributed by atoms with Gasteiger partial charge in [0.2, 0.25) is 5.91 Å². The number of fused-ring (bicyclic) bond motifs is 2. The zero-order valence-electron chi connectivity index (χ0n) is 19.3. The third-order valence-electron chi connectivity index (χ3n) is 6.04. The Labute approximate surface area is 203 Å². The van der Waals surface area contributed by atoms with Crippen molar-refractivity contribution in [2.75, 3.05) is 18.4 Å². The lowest BCUT2D eigenvalue weighted by Gasteiger charge is -2.10. The second-order valence-electron chi connectivity index (χ2n) is 8.52. The molecule has 3 N–H and O–H groups in total. The number of nitrogens with one attached hydrogen (secondary N) is 3. The van der Waals surface area contributed by atoms with Crippen LogP contribution in [0.25, 0.3) is 32.7 Å². The number of hydrogen-bond acceptors (Lipinski definition) is 4. The Morgan fingerprint density at radius 3 is 2.43 bits per heavy atom. The van der Waals surface area contributed by atoms with Gasteiger partial charge >= 0.3 is 0 Å². The van der Waals surface area contributed by atoms with Gasteiger partial charge < -0.3 is 10.6 Å². The van der Waals surface area contributed by atoms with Gasteiger partial charge in [-0.25, -0.2) is 5.10 Å². The number of rotatable bonds is 8. The highest BCUT2D eigenvalue weighted by Gasteiger charge is 2.07. The van der Waals surface area contributed by atoms with Gasteiger partial charge in [0.25, 0.3) is 5.56 Å². The molecule has 6 nitrogen and oxygen atoms in total. The number of benzene rings is 4. The van der Waals surface area contributed by atoms with E-state index in [-0.39, 0.29) is 11.5 Å². The molecular formula is C29H26N4O2. The topological polar surface area (TPSA) is 86.9 Å². The summed E-state index contributed by atoms with van der Waals surface area (Å²) in [7, 11) is 0. The van der Waals surface area contributed by atoms with Crippen LogP contribution in [0.5, 0.6) is 0 Å². The zero-order chi connectivity index (χ0) is 24.0. The Kier molecular flexibility index (Phi) is 6.52. The van der Waals surface area contributed by atoms with E-state index < -0.39 is 0 Å². The molecule has 0 aliphatic heterocycles. The molecule has 0 saturated carbocycles. The fraction of sp³-hybridized carbons (Fsp3) is 0.138. The highest BCUT2D eigenvalue weighted by atomic mass is 16.1. The van der Waals surface area contributed by atoms with Gasteiger partial charge in [-0.3, -0.25) is 9.59 Å². The lowest BCUT2D eigenvalue weighted by molar-refractivity contribution is -0.120. The van der Waals surface area contributed by atoms with E-state index in [4.69, 9.17) is 0 Å². The van der Waals surface area contributed by atoms with E-state index in [1.54, 1.807) is 6.07 Å². The molecule has 0 fully saturated rings. The average molecular weight is 463 g/mol. The van der Waals surface area contributed by atoms with E-state index in [2.05, 4.69) is 63.3 Å². The van der Waals surface area contributed by atoms with Gasteiger partial charge in [-0.2, -0.15) is 5.10 Å². The molecular weight excluding hydrogens is 436 g/mol. The Bertz CT molecular complexity index is 1560. The van der Waals surface area contributed by atoms with Gasteiger partial charge in [0.05, 0.1) is 11.8 Å². The van der Waals surface area contributed by atoms with E-state index in [1.807, 2.05) is 42.5 Å². The molecule has 0 unspecified atom stereocenters. The quantitative estimate of drug-likeness (QED) is 0.286. The molecule has 1 aromatic heterocycles. The van der Waals surface area contributed by atoms with Crippen molar-refractivity contribution in [2.45, 2.75) is 12.8 Å². The van der Waals surface area contributed by atoms with E-state index >= 15 is 0 Å². The van der Waals surface area contributed by atoms with Crippen LogP contribution in [0.15, 0.2) is 95.8 Å². The average Bonchev–Trinajstić information content (AvgIpc) is 2.90. The van der Waals surface area contributed by atoms with Crippen molar-refractivity contribution in [3.63, 3.8) is 0 Å². The molecule has 0 atom stereocenters. The summed E-state index contributed by atoms with van der Waals surface area (Å²) in [5, 5.41) is 16.7. The fourth-order valence-corrected chi connectivity index (χ4v) is 4.25. The van der Waals surface area contributed by atoms with Crippen molar-refractivity contribution in [2.24, 2.45) is 0 Å². The van der Waals surface area contributed by atoms with Gasteiger partial charge in [0.1, 0.15) is 0 Å². The molecule has 0 saturated heterocycles. The Balaban J connectivity index is 1.13. The highest BCUT2D eigenvalue weighted by molar-refractivity contribution is 5.91. The van der Waals surface area contributed by atoms with Crippen LogP contribution in [0.3, 0.4) is 0 Å². The monoisotopic (exact) mass is 462 g/mol. The van der Waals surface area contributed by atoms with E-state index in [1.165, 1.54) is 10.8 Å². The molecule has 4 aromatic carbocycles. The minimum absolute atomic E-state index is 0.00622. The van der Waals surface area contributed by atoms with Crippen molar-refractivity contribution in [1.82, 2.24) is 15.5 Å². The number of aromatic nitrogens is 2. The number of nitrogens with zero attached hydrogens (tertiary/aromatic N) is 1. The summed E-state index contributed by atoms with van der Waals surface area (Å²) in [6.45, 7) is 1.18. The van der Waals surface area contributed by atoms with Gasteiger partial charge in [0, 0.05) is 18.5 Å². The molecule has 5 rings (SSSR count). The van der Waals surface area contributed by atoms with Crippen molar-refractivity contribution in [3.05, 3.63) is 107 Å². The van der Waals surface area contributed by atoms with Crippen LogP contribution in [-0.2, 0) is 11.2 Å². The predicted molar refractivity (Wildman–Crippen MR) is 142 cm³/mol. The number of amides is 1. The second kappa shape index (κ2) is 10.2. The first-order valence-electron chi connectivity index (χ1n) is 11.7. The van der Waals surface area contributed by atoms with Crippen molar-refractivity contribution >= 4 is 33.3 Å². The molecule has 174 valence electrons. The van der Waals surface area contributed by atoms with Crippen LogP contribution in [0, 0.1) is 0 Å². The molecule has 1 amide bonds. The number of anilines is 1. The molecule has 5 aromatic rings. The molecule has 0 aliphatic rings. The molecule has 35 heavy (non-hydrogen) atoms. The predicted octanol–water partition coefficient (Wildman–Crippen LogP) is 4.90. The first-order chi connectivity index (χ1) is 17.2. The number of carbonyl (C=O) groups excluding carboxylic acids is 1. The van der Waals surface area contributed by atoms with Gasteiger partial charge in [-0.1, -0.05) is 78.9 Å². The Morgan fingerprint density at radius 1 is 0.771 bits per heavy atom. The number of aromatic amines is 1. The van der Waals surface area contributed by atoms with E-state index in [0.29, 0.717) is 30.7 Å². The number of hydrogen-bond donors (Lipinski definition) is 3. The van der Waals surface area contributed by atoms with Crippen LogP contribution < -0.4 is 16.2 Å². The first-order valence-corrected chi connectivity index (χ1v) is 11.7. The molecule has 0 aliphatic carbocycles. The zero-order valence-corrected chi connectivity index (χ0v) is 19.3. The minimum Gasteiger partial charge on any atom is -0.368 e. The minimum atomic E-state index is -0.205. The van der Waals surface area contributed by atoms with Crippen LogP contribution in [-0.4, -0.2) is 29.2 Å². The van der Waals surface area contributed by atoms with Crippen molar-refractivity contribution in [1.29, 1.82) is 0 Å². The maximum Gasteiger partial charge on any atom is 0.272 e. The van der Waals surface area contributed by atoms with Crippen molar-refractivity contribution < 1.29 is 4.79 Å². The van der Waals surface area contributed by atoms with E-state index in [0.717, 1.165) is 28.5 Å². The maximum atomic E-state index is 12.5. The van der Waals surface area contributed by atoms with Crippen LogP contribution >= 0.6 is 0 Å². The lowest BCUT2D eigenvalue weighted by Crippen LogP contribution is -2.27. The molecule has 0 bridgehead atoms. The van der Waals surface area contributed by atoms with Crippen molar-refractivity contribution in [3.8, 4) is 11.1 Å². The van der Waals surface area contributed by atoms with Crippen LogP contribution in [0.4, 0.5) is 5.82 Å². The molecule has 1 heterocycles. The normalized spacial score (nSPS) is 11.0. The maximum absolute atomic E-state index is 12.5.